The fourth-order valence-electron chi connectivity index (χ4n) is 3.46. The molecule has 0 fully saturated rings. The zero-order chi connectivity index (χ0) is 23.1. The Kier molecular flexibility index (Phi) is 5.37. The predicted molar refractivity (Wildman–Crippen MR) is 119 cm³/mol. The number of sulfonamides is 1. The van der Waals surface area contributed by atoms with Gasteiger partial charge in [-0.15, -0.1) is 0 Å². The molecule has 1 aromatic heterocycles. The van der Waals surface area contributed by atoms with Gasteiger partial charge in [-0.1, -0.05) is 42.5 Å². The molecule has 4 aromatic rings. The van der Waals surface area contributed by atoms with Crippen LogP contribution in [-0.4, -0.2) is 24.6 Å². The van der Waals surface area contributed by atoms with E-state index in [1.54, 1.807) is 49.4 Å². The van der Waals surface area contributed by atoms with E-state index in [0.717, 1.165) is 23.4 Å². The molecule has 32 heavy (non-hydrogen) atoms. The number of hydrogen-bond donors (Lipinski definition) is 1. The lowest BCUT2D eigenvalue weighted by Crippen LogP contribution is -2.09. The molecule has 0 radical (unpaired) electrons. The predicted octanol–water partition coefficient (Wildman–Crippen LogP) is 5.66. The minimum Gasteiger partial charge on any atom is -0.284 e. The molecule has 3 aromatic carbocycles. The van der Waals surface area contributed by atoms with Gasteiger partial charge in [-0.3, -0.25) is 4.72 Å². The number of rotatable bonds is 4. The number of para-hydroxylation sites is 1. The molecule has 4 rings (SSSR count). The van der Waals surface area contributed by atoms with Gasteiger partial charge in [-0.25, -0.2) is 18.4 Å². The number of nitrogens with one attached hydrogen (secondary N) is 1. The van der Waals surface area contributed by atoms with Crippen LogP contribution in [0, 0.1) is 6.92 Å². The van der Waals surface area contributed by atoms with Crippen LogP contribution in [0.4, 0.5) is 18.9 Å². The lowest BCUT2D eigenvalue weighted by molar-refractivity contribution is -0.136. The highest BCUT2D eigenvalue weighted by Gasteiger charge is 2.33. The maximum atomic E-state index is 13.4. The second kappa shape index (κ2) is 7.90. The largest absolute Gasteiger partial charge is 0.418 e. The van der Waals surface area contributed by atoms with Crippen LogP contribution in [0.1, 0.15) is 11.3 Å². The molecule has 5 nitrogen and oxygen atoms in total. The van der Waals surface area contributed by atoms with Gasteiger partial charge >= 0.3 is 6.18 Å². The Morgan fingerprint density at radius 3 is 2.16 bits per heavy atom. The summed E-state index contributed by atoms with van der Waals surface area (Å²) in [5.74, 6) is 0. The average molecular weight is 457 g/mol. The van der Waals surface area contributed by atoms with Crippen molar-refractivity contribution >= 4 is 26.7 Å². The van der Waals surface area contributed by atoms with Gasteiger partial charge in [0.05, 0.1) is 28.7 Å². The van der Waals surface area contributed by atoms with Crippen LogP contribution < -0.4 is 4.72 Å². The lowest BCUT2D eigenvalue weighted by atomic mass is 10.0. The summed E-state index contributed by atoms with van der Waals surface area (Å²) in [6, 6.07) is 17.8. The highest BCUT2D eigenvalue weighted by Crippen LogP contribution is 2.35. The minimum atomic E-state index is -4.53. The van der Waals surface area contributed by atoms with Crippen molar-refractivity contribution in [3.05, 3.63) is 78.0 Å². The normalized spacial score (nSPS) is 12.2. The van der Waals surface area contributed by atoms with E-state index in [-0.39, 0.29) is 11.0 Å². The maximum Gasteiger partial charge on any atom is 0.418 e. The maximum absolute atomic E-state index is 13.4. The number of halogens is 3. The monoisotopic (exact) mass is 457 g/mol. The van der Waals surface area contributed by atoms with Crippen LogP contribution in [-0.2, 0) is 16.2 Å². The third-order valence-electron chi connectivity index (χ3n) is 4.83. The van der Waals surface area contributed by atoms with Crippen LogP contribution in [0.5, 0.6) is 0 Å². The molecule has 1 N–H and O–H groups in total. The number of aromatic nitrogens is 2. The molecule has 0 aliphatic rings. The molecule has 0 spiro atoms. The van der Waals surface area contributed by atoms with Gasteiger partial charge in [0.2, 0.25) is 10.0 Å². The van der Waals surface area contributed by atoms with E-state index in [4.69, 9.17) is 0 Å². The molecular formula is C23H18F3N3O2S. The number of anilines is 1. The van der Waals surface area contributed by atoms with Crippen LogP contribution in [0.3, 0.4) is 0 Å². The zero-order valence-electron chi connectivity index (χ0n) is 17.1. The molecule has 0 bridgehead atoms. The second-order valence-electron chi connectivity index (χ2n) is 7.36. The number of alkyl halides is 3. The van der Waals surface area contributed by atoms with E-state index in [2.05, 4.69) is 14.7 Å². The van der Waals surface area contributed by atoms with E-state index >= 15 is 0 Å². The molecule has 0 amide bonds. The SMILES string of the molecule is Cc1nc2cccc(C(F)(F)F)c2nc1-c1ccc(-c2cccc(NS(C)(=O)=O)c2)cc1. The third kappa shape index (κ3) is 4.57. The van der Waals surface area contributed by atoms with Gasteiger partial charge in [-0.2, -0.15) is 13.2 Å². The quantitative estimate of drug-likeness (QED) is 0.429. The number of fused-ring (bicyclic) bond motifs is 1. The first-order valence-electron chi connectivity index (χ1n) is 9.54. The fourth-order valence-corrected chi connectivity index (χ4v) is 4.02. The molecule has 164 valence electrons. The topological polar surface area (TPSA) is 72.0 Å². The molecule has 0 aliphatic carbocycles. The summed E-state index contributed by atoms with van der Waals surface area (Å²) in [5, 5.41) is 0. The Labute approximate surface area is 183 Å². The average Bonchev–Trinajstić information content (AvgIpc) is 2.71. The minimum absolute atomic E-state index is 0.188. The highest BCUT2D eigenvalue weighted by atomic mass is 32.2. The third-order valence-corrected chi connectivity index (χ3v) is 5.44. The second-order valence-corrected chi connectivity index (χ2v) is 9.11. The molecule has 0 atom stereocenters. The summed E-state index contributed by atoms with van der Waals surface area (Å²) in [7, 11) is -3.40. The van der Waals surface area contributed by atoms with Crippen LogP contribution in [0.25, 0.3) is 33.4 Å². The summed E-state index contributed by atoms with van der Waals surface area (Å²) in [6.45, 7) is 1.70. The van der Waals surface area contributed by atoms with E-state index in [0.29, 0.717) is 22.6 Å². The first kappa shape index (κ1) is 21.8. The summed E-state index contributed by atoms with van der Waals surface area (Å²) in [6.07, 6.45) is -3.46. The van der Waals surface area contributed by atoms with Crippen LogP contribution in [0.2, 0.25) is 0 Å². The van der Waals surface area contributed by atoms with Gasteiger partial charge in [-0.05, 0) is 42.3 Å². The molecule has 0 saturated heterocycles. The van der Waals surface area contributed by atoms with Gasteiger partial charge in [0, 0.05) is 11.3 Å². The summed E-state index contributed by atoms with van der Waals surface area (Å²) in [4.78, 5) is 8.63. The van der Waals surface area contributed by atoms with Crippen molar-refractivity contribution < 1.29 is 21.6 Å². The molecule has 0 aliphatic heterocycles. The number of nitrogens with zero attached hydrogens (tertiary/aromatic N) is 2. The summed E-state index contributed by atoms with van der Waals surface area (Å²) in [5.41, 5.74) is 2.72. The van der Waals surface area contributed by atoms with Crippen molar-refractivity contribution in [1.82, 2.24) is 9.97 Å². The van der Waals surface area contributed by atoms with Crippen molar-refractivity contribution in [2.45, 2.75) is 13.1 Å². The van der Waals surface area contributed by atoms with Crippen molar-refractivity contribution in [2.24, 2.45) is 0 Å². The van der Waals surface area contributed by atoms with Crippen molar-refractivity contribution in [2.75, 3.05) is 11.0 Å². The summed E-state index contributed by atoms with van der Waals surface area (Å²) < 4.78 is 65.6. The fraction of sp³-hybridized carbons (Fsp3) is 0.130. The van der Waals surface area contributed by atoms with Crippen molar-refractivity contribution in [1.29, 1.82) is 0 Å². The standard InChI is InChI=1S/C23H18F3N3O2S/c1-14-21(28-22-19(23(24,25)26)7-4-8-20(22)27-14)16-11-9-15(10-12-16)17-5-3-6-18(13-17)29-32(2,30)31/h3-13,29H,1-2H3. The number of benzene rings is 3. The van der Waals surface area contributed by atoms with E-state index in [1.165, 1.54) is 12.1 Å². The molecular weight excluding hydrogens is 439 g/mol. The Morgan fingerprint density at radius 1 is 0.844 bits per heavy atom. The Hall–Kier alpha value is -3.46. The van der Waals surface area contributed by atoms with Crippen LogP contribution in [0.15, 0.2) is 66.7 Å². The molecule has 1 heterocycles. The molecule has 0 saturated carbocycles. The lowest BCUT2D eigenvalue weighted by Gasteiger charge is -2.12. The Bertz CT molecular complexity index is 1420. The first-order valence-corrected chi connectivity index (χ1v) is 11.4. The van der Waals surface area contributed by atoms with Gasteiger partial charge in [0.25, 0.3) is 0 Å². The van der Waals surface area contributed by atoms with Crippen molar-refractivity contribution in [3.63, 3.8) is 0 Å². The van der Waals surface area contributed by atoms with Gasteiger partial charge in [0.1, 0.15) is 5.52 Å². The Morgan fingerprint density at radius 2 is 1.50 bits per heavy atom. The molecule has 0 unspecified atom stereocenters. The molecule has 9 heteroatoms. The van der Waals surface area contributed by atoms with E-state index in [1.807, 2.05) is 6.07 Å². The number of hydrogen-bond acceptors (Lipinski definition) is 4. The van der Waals surface area contributed by atoms with E-state index in [9.17, 15) is 21.6 Å². The van der Waals surface area contributed by atoms with Gasteiger partial charge in [0.15, 0.2) is 0 Å². The van der Waals surface area contributed by atoms with Gasteiger partial charge < -0.3 is 0 Å². The van der Waals surface area contributed by atoms with Crippen LogP contribution >= 0.6 is 0 Å². The zero-order valence-corrected chi connectivity index (χ0v) is 17.9. The van der Waals surface area contributed by atoms with Crippen molar-refractivity contribution in [3.8, 4) is 22.4 Å². The first-order chi connectivity index (χ1) is 15.0. The van der Waals surface area contributed by atoms with E-state index < -0.39 is 21.8 Å². The smallest absolute Gasteiger partial charge is 0.284 e. The summed E-state index contributed by atoms with van der Waals surface area (Å²) >= 11 is 0. The highest BCUT2D eigenvalue weighted by molar-refractivity contribution is 7.92. The Balaban J connectivity index is 1.74. The number of aryl methyl sites for hydroxylation is 1.